The first-order chi connectivity index (χ1) is 9.58. The summed E-state index contributed by atoms with van der Waals surface area (Å²) in [6.07, 6.45) is 0.130. The van der Waals surface area contributed by atoms with Crippen LogP contribution >= 0.6 is 11.6 Å². The Morgan fingerprint density at radius 1 is 1.20 bits per heavy atom. The number of aliphatic hydroxyl groups is 1. The highest BCUT2D eigenvalue weighted by Crippen LogP contribution is 2.17. The third kappa shape index (κ3) is 3.56. The second kappa shape index (κ2) is 6.50. The molecule has 1 unspecified atom stereocenters. The lowest BCUT2D eigenvalue weighted by atomic mass is 10.1. The standard InChI is InChI=1S/C15H15ClN2O2/c1-10(11-5-3-2-4-6-11)18-15(20)14(19)12-7-8-13(16)17-9-12/h2-10,14,19H,1H3,(H,18,20)/t10-,14?/m1/s1. The molecule has 0 aliphatic carbocycles. The van der Waals surface area contributed by atoms with Crippen LogP contribution in [0.25, 0.3) is 0 Å². The van der Waals surface area contributed by atoms with Crippen LogP contribution in [0.2, 0.25) is 5.15 Å². The Balaban J connectivity index is 2.02. The number of aliphatic hydroxyl groups excluding tert-OH is 1. The molecule has 2 rings (SSSR count). The van der Waals surface area contributed by atoms with Crippen LogP contribution in [0.1, 0.15) is 30.2 Å². The number of carbonyl (C=O) groups excluding carboxylic acids is 1. The van der Waals surface area contributed by atoms with Gasteiger partial charge in [-0.15, -0.1) is 0 Å². The summed E-state index contributed by atoms with van der Waals surface area (Å²) in [6, 6.07) is 12.5. The molecule has 2 aromatic rings. The molecular weight excluding hydrogens is 276 g/mol. The highest BCUT2D eigenvalue weighted by Gasteiger charge is 2.19. The summed E-state index contributed by atoms with van der Waals surface area (Å²) in [5.74, 6) is -0.467. The number of aromatic nitrogens is 1. The zero-order valence-electron chi connectivity index (χ0n) is 11.0. The van der Waals surface area contributed by atoms with Crippen molar-refractivity contribution in [1.29, 1.82) is 0 Å². The quantitative estimate of drug-likeness (QED) is 0.851. The largest absolute Gasteiger partial charge is 0.378 e. The lowest BCUT2D eigenvalue weighted by Gasteiger charge is -2.17. The van der Waals surface area contributed by atoms with E-state index in [0.29, 0.717) is 10.7 Å². The second-order valence-corrected chi connectivity index (χ2v) is 4.85. The Bertz CT molecular complexity index is 572. The molecule has 0 aliphatic heterocycles. The molecule has 0 fully saturated rings. The maximum absolute atomic E-state index is 12.0. The van der Waals surface area contributed by atoms with Gasteiger partial charge in [0.2, 0.25) is 0 Å². The molecule has 2 atom stereocenters. The van der Waals surface area contributed by atoms with Gasteiger partial charge in [0.25, 0.3) is 5.91 Å². The van der Waals surface area contributed by atoms with Gasteiger partial charge in [-0.2, -0.15) is 0 Å². The van der Waals surface area contributed by atoms with E-state index < -0.39 is 12.0 Å². The molecule has 1 amide bonds. The summed E-state index contributed by atoms with van der Waals surface area (Å²) in [4.78, 5) is 15.8. The van der Waals surface area contributed by atoms with Gasteiger partial charge in [-0.3, -0.25) is 4.79 Å². The van der Waals surface area contributed by atoms with Crippen molar-refractivity contribution in [2.45, 2.75) is 19.1 Å². The predicted octanol–water partition coefficient (Wildman–Crippen LogP) is 2.65. The van der Waals surface area contributed by atoms with E-state index in [1.54, 1.807) is 6.07 Å². The fourth-order valence-electron chi connectivity index (χ4n) is 1.82. The molecule has 20 heavy (non-hydrogen) atoms. The van der Waals surface area contributed by atoms with E-state index in [4.69, 9.17) is 11.6 Å². The molecule has 1 heterocycles. The number of hydrogen-bond donors (Lipinski definition) is 2. The van der Waals surface area contributed by atoms with E-state index in [-0.39, 0.29) is 6.04 Å². The zero-order valence-corrected chi connectivity index (χ0v) is 11.7. The monoisotopic (exact) mass is 290 g/mol. The molecule has 2 N–H and O–H groups in total. The van der Waals surface area contributed by atoms with Crippen LogP contribution in [0, 0.1) is 0 Å². The van der Waals surface area contributed by atoms with Gasteiger partial charge in [0.05, 0.1) is 6.04 Å². The fraction of sp³-hybridized carbons (Fsp3) is 0.200. The van der Waals surface area contributed by atoms with Crippen LogP contribution in [-0.2, 0) is 4.79 Å². The highest BCUT2D eigenvalue weighted by molar-refractivity contribution is 6.29. The summed E-state index contributed by atoms with van der Waals surface area (Å²) in [6.45, 7) is 1.86. The van der Waals surface area contributed by atoms with E-state index in [2.05, 4.69) is 10.3 Å². The van der Waals surface area contributed by atoms with Gasteiger partial charge in [0, 0.05) is 11.8 Å². The van der Waals surface area contributed by atoms with Gasteiger partial charge >= 0.3 is 0 Å². The summed E-state index contributed by atoms with van der Waals surface area (Å²) in [5.41, 5.74) is 1.38. The van der Waals surface area contributed by atoms with Crippen molar-refractivity contribution < 1.29 is 9.90 Å². The Morgan fingerprint density at radius 2 is 1.90 bits per heavy atom. The number of nitrogens with one attached hydrogen (secondary N) is 1. The number of nitrogens with zero attached hydrogens (tertiary/aromatic N) is 1. The van der Waals surface area contributed by atoms with Crippen molar-refractivity contribution in [3.63, 3.8) is 0 Å². The molecule has 0 bridgehead atoms. The molecule has 1 aromatic carbocycles. The van der Waals surface area contributed by atoms with Crippen molar-refractivity contribution in [2.75, 3.05) is 0 Å². The van der Waals surface area contributed by atoms with Crippen LogP contribution < -0.4 is 5.32 Å². The van der Waals surface area contributed by atoms with E-state index in [1.807, 2.05) is 37.3 Å². The molecule has 104 valence electrons. The molecule has 1 aromatic heterocycles. The molecular formula is C15H15ClN2O2. The normalized spacial score (nSPS) is 13.6. The first kappa shape index (κ1) is 14.5. The van der Waals surface area contributed by atoms with Crippen molar-refractivity contribution in [2.24, 2.45) is 0 Å². The summed E-state index contributed by atoms with van der Waals surface area (Å²) in [5, 5.41) is 13.1. The smallest absolute Gasteiger partial charge is 0.254 e. The van der Waals surface area contributed by atoms with E-state index >= 15 is 0 Å². The van der Waals surface area contributed by atoms with E-state index in [0.717, 1.165) is 5.56 Å². The number of amides is 1. The number of pyridine rings is 1. The Labute approximate surface area is 122 Å². The maximum atomic E-state index is 12.0. The molecule has 0 aliphatic rings. The second-order valence-electron chi connectivity index (χ2n) is 4.46. The third-order valence-corrected chi connectivity index (χ3v) is 3.20. The van der Waals surface area contributed by atoms with Crippen LogP contribution in [0.4, 0.5) is 0 Å². The number of hydrogen-bond acceptors (Lipinski definition) is 3. The third-order valence-electron chi connectivity index (χ3n) is 2.97. The fourth-order valence-corrected chi connectivity index (χ4v) is 1.93. The number of rotatable bonds is 4. The van der Waals surface area contributed by atoms with Crippen LogP contribution in [-0.4, -0.2) is 16.0 Å². The Morgan fingerprint density at radius 3 is 2.50 bits per heavy atom. The van der Waals surface area contributed by atoms with Crippen molar-refractivity contribution in [3.8, 4) is 0 Å². The summed E-state index contributed by atoms with van der Waals surface area (Å²) < 4.78 is 0. The molecule has 4 nitrogen and oxygen atoms in total. The van der Waals surface area contributed by atoms with Gasteiger partial charge < -0.3 is 10.4 Å². The minimum atomic E-state index is -1.26. The molecule has 0 saturated heterocycles. The van der Waals surface area contributed by atoms with E-state index in [1.165, 1.54) is 12.3 Å². The molecule has 0 radical (unpaired) electrons. The topological polar surface area (TPSA) is 62.2 Å². The molecule has 0 spiro atoms. The minimum Gasteiger partial charge on any atom is -0.378 e. The van der Waals surface area contributed by atoms with Gasteiger partial charge in [0.1, 0.15) is 5.15 Å². The van der Waals surface area contributed by atoms with Crippen molar-refractivity contribution in [3.05, 3.63) is 64.9 Å². The van der Waals surface area contributed by atoms with Crippen molar-refractivity contribution >= 4 is 17.5 Å². The average molecular weight is 291 g/mol. The highest BCUT2D eigenvalue weighted by atomic mass is 35.5. The first-order valence-corrected chi connectivity index (χ1v) is 6.60. The number of halogens is 1. The van der Waals surface area contributed by atoms with E-state index in [9.17, 15) is 9.90 Å². The lowest BCUT2D eigenvalue weighted by Crippen LogP contribution is -2.31. The van der Waals surface area contributed by atoms with Crippen LogP contribution in [0.15, 0.2) is 48.7 Å². The number of carbonyl (C=O) groups is 1. The van der Waals surface area contributed by atoms with Crippen LogP contribution in [0.3, 0.4) is 0 Å². The molecule has 5 heteroatoms. The Kier molecular flexibility index (Phi) is 4.71. The van der Waals surface area contributed by atoms with Crippen LogP contribution in [0.5, 0.6) is 0 Å². The van der Waals surface area contributed by atoms with Gasteiger partial charge in [0.15, 0.2) is 6.10 Å². The lowest BCUT2D eigenvalue weighted by molar-refractivity contribution is -0.130. The summed E-state index contributed by atoms with van der Waals surface area (Å²) >= 11 is 5.67. The van der Waals surface area contributed by atoms with Gasteiger partial charge in [-0.05, 0) is 18.6 Å². The average Bonchev–Trinajstić information content (AvgIpc) is 2.48. The van der Waals surface area contributed by atoms with Crippen molar-refractivity contribution in [1.82, 2.24) is 10.3 Å². The Hall–Kier alpha value is -1.91. The number of benzene rings is 1. The first-order valence-electron chi connectivity index (χ1n) is 6.23. The van der Waals surface area contributed by atoms with Gasteiger partial charge in [-0.25, -0.2) is 4.98 Å². The zero-order chi connectivity index (χ0) is 14.5. The molecule has 0 saturated carbocycles. The maximum Gasteiger partial charge on any atom is 0.254 e. The predicted molar refractivity (Wildman–Crippen MR) is 77.2 cm³/mol. The minimum absolute atomic E-state index is 0.182. The van der Waals surface area contributed by atoms with Gasteiger partial charge in [-0.1, -0.05) is 48.0 Å². The summed E-state index contributed by atoms with van der Waals surface area (Å²) in [7, 11) is 0. The SMILES string of the molecule is C[C@@H](NC(=O)C(O)c1ccc(Cl)nc1)c1ccccc1.